The molecule has 8 heteroatoms. The number of amides is 2. The molecule has 6 aromatic rings. The fourth-order valence-electron chi connectivity index (χ4n) is 10.00. The third kappa shape index (κ3) is 4.03. The smallest absolute Gasteiger partial charge is 0.239 e. The number of fused-ring (bicyclic) bond motifs is 7. The van der Waals surface area contributed by atoms with Crippen LogP contribution in [0.4, 0.5) is 5.69 Å². The van der Waals surface area contributed by atoms with Crippen LogP contribution in [0.1, 0.15) is 22.3 Å². The second-order valence-electron chi connectivity index (χ2n) is 14.4. The fourth-order valence-corrected chi connectivity index (χ4v) is 10.00. The van der Waals surface area contributed by atoms with Gasteiger partial charge in [0.2, 0.25) is 25.4 Å². The molecule has 6 aromatic carbocycles. The van der Waals surface area contributed by atoms with Crippen LogP contribution in [0, 0.1) is 11.8 Å². The molecular formula is C47H31NO7. The third-order valence-corrected chi connectivity index (χ3v) is 12.0. The van der Waals surface area contributed by atoms with Crippen LogP contribution in [-0.4, -0.2) is 31.2 Å². The van der Waals surface area contributed by atoms with Gasteiger partial charge in [0.1, 0.15) is 0 Å². The van der Waals surface area contributed by atoms with E-state index in [2.05, 4.69) is 0 Å². The summed E-state index contributed by atoms with van der Waals surface area (Å²) in [5.74, 6) is -0.989. The number of ketones is 1. The van der Waals surface area contributed by atoms with Crippen LogP contribution < -0.4 is 23.8 Å². The van der Waals surface area contributed by atoms with Gasteiger partial charge < -0.3 is 18.9 Å². The summed E-state index contributed by atoms with van der Waals surface area (Å²) in [5, 5.41) is 0. The van der Waals surface area contributed by atoms with Crippen molar-refractivity contribution in [3.05, 3.63) is 174 Å². The molecule has 0 spiro atoms. The van der Waals surface area contributed by atoms with Crippen LogP contribution in [-0.2, 0) is 25.2 Å². The molecule has 11 rings (SSSR count). The average molecular weight is 722 g/mol. The molecule has 0 radical (unpaired) electrons. The minimum Gasteiger partial charge on any atom is -0.454 e. The van der Waals surface area contributed by atoms with Crippen LogP contribution in [0.5, 0.6) is 23.0 Å². The van der Waals surface area contributed by atoms with E-state index in [1.807, 2.05) is 152 Å². The highest BCUT2D eigenvalue weighted by Gasteiger charge is 2.83. The van der Waals surface area contributed by atoms with Crippen LogP contribution in [0.2, 0.25) is 0 Å². The number of benzene rings is 6. The molecule has 2 fully saturated rings. The van der Waals surface area contributed by atoms with Gasteiger partial charge >= 0.3 is 0 Å². The van der Waals surface area contributed by atoms with Gasteiger partial charge in [0.25, 0.3) is 0 Å². The van der Waals surface area contributed by atoms with Crippen molar-refractivity contribution >= 4 is 34.4 Å². The van der Waals surface area contributed by atoms with Crippen molar-refractivity contribution in [2.24, 2.45) is 11.8 Å². The minimum atomic E-state index is -1.59. The number of imide groups is 1. The summed E-state index contributed by atoms with van der Waals surface area (Å²) < 4.78 is 23.3. The zero-order valence-electron chi connectivity index (χ0n) is 29.3. The highest BCUT2D eigenvalue weighted by molar-refractivity contribution is 6.39. The normalized spacial score (nSPS) is 24.2. The molecule has 4 atom stereocenters. The zero-order valence-corrected chi connectivity index (χ0v) is 29.3. The molecule has 2 aliphatic carbocycles. The Bertz CT molecular complexity index is 2500. The standard InChI is InChI=1S/C47H31NO7/c49-43-41-42(44(50)48(43)34-19-11-10-18-33(34)28-12-4-1-5-13-28)47(32-16-8-3-9-17-32)40(30-21-23-36-38(25-30)55-27-53-36)39(29-20-22-35-37(24-29)54-26-52-35)46(41,45(47)51)31-14-6-2-7-15-31/h1-25,41-42H,26-27H2/t41-,42-,46-,47-/m0/s1. The Hall–Kier alpha value is -6.93. The Morgan fingerprint density at radius 2 is 0.891 bits per heavy atom. The van der Waals surface area contributed by atoms with E-state index in [9.17, 15) is 0 Å². The first-order chi connectivity index (χ1) is 27.0. The first kappa shape index (κ1) is 31.6. The van der Waals surface area contributed by atoms with Crippen LogP contribution in [0.3, 0.4) is 0 Å². The Labute approximate surface area is 316 Å². The summed E-state index contributed by atoms with van der Waals surface area (Å²) in [6.07, 6.45) is 0. The largest absolute Gasteiger partial charge is 0.454 e. The van der Waals surface area contributed by atoms with Gasteiger partial charge in [-0.25, -0.2) is 4.90 Å². The molecule has 2 amide bonds. The van der Waals surface area contributed by atoms with E-state index in [4.69, 9.17) is 18.9 Å². The topological polar surface area (TPSA) is 91.4 Å². The van der Waals surface area contributed by atoms with E-state index < -0.39 is 34.5 Å². The molecule has 1 saturated heterocycles. The molecule has 8 nitrogen and oxygen atoms in total. The van der Waals surface area contributed by atoms with Crippen molar-refractivity contribution in [3.63, 3.8) is 0 Å². The number of para-hydroxylation sites is 1. The fraction of sp³-hybridized carbons (Fsp3) is 0.128. The summed E-state index contributed by atoms with van der Waals surface area (Å²) in [6.45, 7) is 0.133. The number of hydrogen-bond donors (Lipinski definition) is 0. The van der Waals surface area contributed by atoms with E-state index >= 15 is 14.4 Å². The van der Waals surface area contributed by atoms with Gasteiger partial charge in [0.05, 0.1) is 28.4 Å². The predicted octanol–water partition coefficient (Wildman–Crippen LogP) is 8.00. The lowest BCUT2D eigenvalue weighted by atomic mass is 9.59. The van der Waals surface area contributed by atoms with Crippen LogP contribution in [0.15, 0.2) is 152 Å². The Kier molecular flexibility index (Phi) is 6.62. The molecule has 3 aliphatic heterocycles. The summed E-state index contributed by atoms with van der Waals surface area (Å²) in [7, 11) is 0. The highest BCUT2D eigenvalue weighted by atomic mass is 16.7. The van der Waals surface area contributed by atoms with Crippen molar-refractivity contribution in [1.29, 1.82) is 0 Å². The summed E-state index contributed by atoms with van der Waals surface area (Å²) in [5.41, 5.74) is 2.83. The molecule has 5 aliphatic rings. The number of carbonyl (C=O) groups excluding carboxylic acids is 3. The number of carbonyl (C=O) groups is 3. The number of anilines is 1. The summed E-state index contributed by atoms with van der Waals surface area (Å²) in [6, 6.07) is 47.5. The van der Waals surface area contributed by atoms with Gasteiger partial charge in [-0.05, 0) is 69.3 Å². The van der Waals surface area contributed by atoms with Crippen LogP contribution in [0.25, 0.3) is 22.3 Å². The number of Topliss-reactive ketones (excluding diaryl/α,β-unsaturated/α-hetero) is 1. The quantitative estimate of drug-likeness (QED) is 0.161. The molecule has 1 saturated carbocycles. The molecule has 0 unspecified atom stereocenters. The predicted molar refractivity (Wildman–Crippen MR) is 205 cm³/mol. The highest BCUT2D eigenvalue weighted by Crippen LogP contribution is 2.75. The molecule has 55 heavy (non-hydrogen) atoms. The zero-order chi connectivity index (χ0) is 36.9. The molecule has 2 bridgehead atoms. The van der Waals surface area contributed by atoms with Crippen molar-refractivity contribution < 1.29 is 33.3 Å². The van der Waals surface area contributed by atoms with Gasteiger partial charge in [-0.2, -0.15) is 0 Å². The van der Waals surface area contributed by atoms with Crippen molar-refractivity contribution in [1.82, 2.24) is 0 Å². The number of hydrogen-bond acceptors (Lipinski definition) is 7. The number of rotatable bonds is 6. The van der Waals surface area contributed by atoms with E-state index in [0.717, 1.165) is 11.1 Å². The Morgan fingerprint density at radius 3 is 1.40 bits per heavy atom. The lowest BCUT2D eigenvalue weighted by molar-refractivity contribution is -0.130. The van der Waals surface area contributed by atoms with Gasteiger partial charge in [-0.3, -0.25) is 14.4 Å². The molecule has 0 N–H and O–H groups in total. The number of allylic oxidation sites excluding steroid dienone is 2. The maximum absolute atomic E-state index is 16.4. The van der Waals surface area contributed by atoms with Gasteiger partial charge in [-0.1, -0.05) is 121 Å². The molecule has 266 valence electrons. The molecule has 3 heterocycles. The van der Waals surface area contributed by atoms with Gasteiger partial charge in [-0.15, -0.1) is 0 Å². The van der Waals surface area contributed by atoms with Crippen molar-refractivity contribution in [2.75, 3.05) is 18.5 Å². The monoisotopic (exact) mass is 721 g/mol. The second kappa shape index (κ2) is 11.5. The van der Waals surface area contributed by atoms with E-state index in [1.54, 1.807) is 0 Å². The van der Waals surface area contributed by atoms with E-state index in [1.165, 1.54) is 4.90 Å². The lowest BCUT2D eigenvalue weighted by Gasteiger charge is -2.39. The molecular weight excluding hydrogens is 691 g/mol. The van der Waals surface area contributed by atoms with Crippen molar-refractivity contribution in [3.8, 4) is 34.1 Å². The summed E-state index contributed by atoms with van der Waals surface area (Å²) >= 11 is 0. The van der Waals surface area contributed by atoms with E-state index in [-0.39, 0.29) is 19.4 Å². The first-order valence-electron chi connectivity index (χ1n) is 18.3. The Morgan fingerprint density at radius 1 is 0.455 bits per heavy atom. The summed E-state index contributed by atoms with van der Waals surface area (Å²) in [4.78, 5) is 49.1. The maximum Gasteiger partial charge on any atom is 0.239 e. The average Bonchev–Trinajstić information content (AvgIpc) is 4.05. The van der Waals surface area contributed by atoms with Crippen molar-refractivity contribution in [2.45, 2.75) is 10.8 Å². The second-order valence-corrected chi connectivity index (χ2v) is 14.4. The van der Waals surface area contributed by atoms with E-state index in [0.29, 0.717) is 62.1 Å². The number of ether oxygens (including phenoxy) is 4. The van der Waals surface area contributed by atoms with Gasteiger partial charge in [0, 0.05) is 5.56 Å². The SMILES string of the molecule is O=C1[C@@H]2[C@@H](C(=O)N1c1ccccc1-c1ccccc1)[C@@]1(c3ccccc3)C(=O)[C@@]2(c2ccccc2)C(c2ccc3c(c2)OCO3)=C1c1ccc2c(c1)OCO2. The van der Waals surface area contributed by atoms with Gasteiger partial charge in [0.15, 0.2) is 28.8 Å². The molecule has 0 aromatic heterocycles. The van der Waals surface area contributed by atoms with Crippen LogP contribution >= 0.6 is 0 Å². The number of nitrogens with zero attached hydrogens (tertiary/aromatic N) is 1. The third-order valence-electron chi connectivity index (χ3n) is 12.0. The lowest BCUT2D eigenvalue weighted by Crippen LogP contribution is -2.45. The Balaban J connectivity index is 1.27. The first-order valence-corrected chi connectivity index (χ1v) is 18.3. The minimum absolute atomic E-state index is 0.0665. The maximum atomic E-state index is 16.4.